The van der Waals surface area contributed by atoms with Crippen LogP contribution in [0, 0.1) is 6.92 Å². The molecule has 1 aliphatic rings. The highest BCUT2D eigenvalue weighted by atomic mass is 32.2. The SMILES string of the molecule is Cc1ccc(S(=O)(=O)N2CCCCC2)cc1C(=O)NC(C)c1ccc(S(C)(=O)=O)cc1. The van der Waals surface area contributed by atoms with E-state index in [2.05, 4.69) is 5.32 Å². The molecule has 1 aliphatic heterocycles. The van der Waals surface area contributed by atoms with Gasteiger partial charge in [0, 0.05) is 24.9 Å². The van der Waals surface area contributed by atoms with Crippen LogP contribution in [0.25, 0.3) is 0 Å². The number of hydrogen-bond acceptors (Lipinski definition) is 5. The third-order valence-corrected chi connectivity index (χ3v) is 8.59. The number of amides is 1. The highest BCUT2D eigenvalue weighted by Gasteiger charge is 2.27. The first-order valence-corrected chi connectivity index (χ1v) is 13.5. The predicted molar refractivity (Wildman–Crippen MR) is 119 cm³/mol. The Morgan fingerprint density at radius 3 is 2.10 bits per heavy atom. The van der Waals surface area contributed by atoms with E-state index in [1.165, 1.54) is 22.5 Å². The number of piperidine rings is 1. The Morgan fingerprint density at radius 1 is 0.935 bits per heavy atom. The van der Waals surface area contributed by atoms with E-state index in [-0.39, 0.29) is 21.7 Å². The largest absolute Gasteiger partial charge is 0.346 e. The number of benzene rings is 2. The van der Waals surface area contributed by atoms with Gasteiger partial charge in [-0.15, -0.1) is 0 Å². The van der Waals surface area contributed by atoms with Crippen molar-refractivity contribution in [2.24, 2.45) is 0 Å². The molecule has 2 aromatic carbocycles. The number of aryl methyl sites for hydroxylation is 1. The molecule has 1 heterocycles. The third-order valence-electron chi connectivity index (χ3n) is 5.56. The Labute approximate surface area is 184 Å². The van der Waals surface area contributed by atoms with E-state index in [0.29, 0.717) is 24.2 Å². The number of sulfone groups is 1. The van der Waals surface area contributed by atoms with Crippen molar-refractivity contribution < 1.29 is 21.6 Å². The van der Waals surface area contributed by atoms with E-state index in [9.17, 15) is 21.6 Å². The maximum atomic E-state index is 13.0. The van der Waals surface area contributed by atoms with Crippen LogP contribution >= 0.6 is 0 Å². The molecular formula is C22H28N2O5S2. The average Bonchev–Trinajstić information content (AvgIpc) is 2.74. The van der Waals surface area contributed by atoms with E-state index >= 15 is 0 Å². The van der Waals surface area contributed by atoms with Gasteiger partial charge in [0.05, 0.1) is 15.8 Å². The first-order valence-electron chi connectivity index (χ1n) is 10.2. The standard InChI is InChI=1S/C22H28N2O5S2/c1-16-7-10-20(31(28,29)24-13-5-4-6-14-24)15-21(16)22(25)23-17(2)18-8-11-19(12-9-18)30(3,26)27/h7-12,15,17H,4-6,13-14H2,1-3H3,(H,23,25). The highest BCUT2D eigenvalue weighted by molar-refractivity contribution is 7.90. The molecule has 31 heavy (non-hydrogen) atoms. The Hall–Kier alpha value is -2.23. The van der Waals surface area contributed by atoms with Crippen LogP contribution in [0.2, 0.25) is 0 Å². The first kappa shape index (κ1) is 23.4. The quantitative estimate of drug-likeness (QED) is 0.708. The van der Waals surface area contributed by atoms with Crippen molar-refractivity contribution in [1.82, 2.24) is 9.62 Å². The zero-order valence-corrected chi connectivity index (χ0v) is 19.6. The third kappa shape index (κ3) is 5.34. The van der Waals surface area contributed by atoms with Gasteiger partial charge in [0.2, 0.25) is 10.0 Å². The van der Waals surface area contributed by atoms with Gasteiger partial charge in [-0.2, -0.15) is 4.31 Å². The monoisotopic (exact) mass is 464 g/mol. The zero-order chi connectivity index (χ0) is 22.8. The molecule has 1 N–H and O–H groups in total. The summed E-state index contributed by atoms with van der Waals surface area (Å²) in [5.74, 6) is -0.382. The molecule has 9 heteroatoms. The summed E-state index contributed by atoms with van der Waals surface area (Å²) >= 11 is 0. The van der Waals surface area contributed by atoms with Crippen molar-refractivity contribution in [1.29, 1.82) is 0 Å². The van der Waals surface area contributed by atoms with E-state index < -0.39 is 19.9 Å². The number of nitrogens with zero attached hydrogens (tertiary/aromatic N) is 1. The van der Waals surface area contributed by atoms with Crippen LogP contribution in [0.1, 0.15) is 53.7 Å². The fraction of sp³-hybridized carbons (Fsp3) is 0.409. The van der Waals surface area contributed by atoms with Crippen molar-refractivity contribution in [2.45, 2.75) is 48.9 Å². The summed E-state index contributed by atoms with van der Waals surface area (Å²) in [6.07, 6.45) is 3.85. The van der Waals surface area contributed by atoms with Crippen molar-refractivity contribution in [3.05, 3.63) is 59.2 Å². The van der Waals surface area contributed by atoms with E-state index in [0.717, 1.165) is 31.1 Å². The molecule has 3 rings (SSSR count). The van der Waals surface area contributed by atoms with Crippen LogP contribution in [0.15, 0.2) is 52.3 Å². The molecule has 7 nitrogen and oxygen atoms in total. The van der Waals surface area contributed by atoms with Crippen molar-refractivity contribution in [3.8, 4) is 0 Å². The summed E-state index contributed by atoms with van der Waals surface area (Å²) in [6.45, 7) is 4.55. The van der Waals surface area contributed by atoms with Crippen molar-refractivity contribution >= 4 is 25.8 Å². The number of carbonyl (C=O) groups is 1. The average molecular weight is 465 g/mol. The number of nitrogens with one attached hydrogen (secondary N) is 1. The molecule has 168 valence electrons. The topological polar surface area (TPSA) is 101 Å². The van der Waals surface area contributed by atoms with E-state index in [4.69, 9.17) is 0 Å². The Morgan fingerprint density at radius 2 is 1.52 bits per heavy atom. The van der Waals surface area contributed by atoms with Gasteiger partial charge in [0.15, 0.2) is 9.84 Å². The Balaban J connectivity index is 1.80. The number of carbonyl (C=O) groups excluding carboxylic acids is 1. The Bertz CT molecular complexity index is 1170. The lowest BCUT2D eigenvalue weighted by Crippen LogP contribution is -2.35. The van der Waals surface area contributed by atoms with E-state index in [1.54, 1.807) is 38.1 Å². The molecule has 1 unspecified atom stereocenters. The summed E-state index contributed by atoms with van der Waals surface area (Å²) in [7, 11) is -6.93. The molecule has 1 fully saturated rings. The molecular weight excluding hydrogens is 436 g/mol. The minimum Gasteiger partial charge on any atom is -0.346 e. The second-order valence-corrected chi connectivity index (χ2v) is 11.9. The predicted octanol–water partition coefficient (Wildman–Crippen LogP) is 3.06. The lowest BCUT2D eigenvalue weighted by molar-refractivity contribution is 0.0939. The zero-order valence-electron chi connectivity index (χ0n) is 18.0. The van der Waals surface area contributed by atoms with Gasteiger partial charge >= 0.3 is 0 Å². The van der Waals surface area contributed by atoms with Crippen LogP contribution in [0.3, 0.4) is 0 Å². The fourth-order valence-corrected chi connectivity index (χ4v) is 5.80. The van der Waals surface area contributed by atoms with Gasteiger partial charge < -0.3 is 5.32 Å². The maximum absolute atomic E-state index is 13.0. The molecule has 1 atom stereocenters. The van der Waals surface area contributed by atoms with Gasteiger partial charge in [0.25, 0.3) is 5.91 Å². The molecule has 1 saturated heterocycles. The van der Waals surface area contributed by atoms with Gasteiger partial charge in [-0.25, -0.2) is 16.8 Å². The van der Waals surface area contributed by atoms with Crippen LogP contribution in [0.5, 0.6) is 0 Å². The fourth-order valence-electron chi connectivity index (χ4n) is 3.62. The highest BCUT2D eigenvalue weighted by Crippen LogP contribution is 2.24. The second kappa shape index (κ2) is 9.10. The second-order valence-electron chi connectivity index (χ2n) is 7.98. The number of rotatable bonds is 6. The van der Waals surface area contributed by atoms with Gasteiger partial charge in [0.1, 0.15) is 0 Å². The summed E-state index contributed by atoms with van der Waals surface area (Å²) in [5.41, 5.74) is 1.72. The molecule has 2 aromatic rings. The summed E-state index contributed by atoms with van der Waals surface area (Å²) in [6, 6.07) is 10.6. The molecule has 0 saturated carbocycles. The lowest BCUT2D eigenvalue weighted by Gasteiger charge is -2.26. The number of hydrogen-bond donors (Lipinski definition) is 1. The molecule has 1 amide bonds. The number of sulfonamides is 1. The summed E-state index contributed by atoms with van der Waals surface area (Å²) in [4.78, 5) is 13.2. The first-order chi connectivity index (χ1) is 14.5. The smallest absolute Gasteiger partial charge is 0.252 e. The lowest BCUT2D eigenvalue weighted by atomic mass is 10.1. The normalized spacial score (nSPS) is 16.6. The van der Waals surface area contributed by atoms with Crippen LogP contribution in [0.4, 0.5) is 0 Å². The molecule has 0 aromatic heterocycles. The molecule has 0 bridgehead atoms. The van der Waals surface area contributed by atoms with Crippen LogP contribution in [-0.2, 0) is 19.9 Å². The van der Waals surface area contributed by atoms with Crippen molar-refractivity contribution in [3.63, 3.8) is 0 Å². The maximum Gasteiger partial charge on any atom is 0.252 e. The van der Waals surface area contributed by atoms with Crippen LogP contribution < -0.4 is 5.32 Å². The summed E-state index contributed by atoms with van der Waals surface area (Å²) < 4.78 is 50.7. The minimum atomic E-state index is -3.64. The Kier molecular flexibility index (Phi) is 6.88. The molecule has 0 aliphatic carbocycles. The van der Waals surface area contributed by atoms with Gasteiger partial charge in [-0.05, 0) is 62.1 Å². The molecule has 0 radical (unpaired) electrons. The minimum absolute atomic E-state index is 0.121. The van der Waals surface area contributed by atoms with E-state index in [1.807, 2.05) is 0 Å². The van der Waals surface area contributed by atoms with Gasteiger partial charge in [-0.1, -0.05) is 24.6 Å². The van der Waals surface area contributed by atoms with Crippen molar-refractivity contribution in [2.75, 3.05) is 19.3 Å². The summed E-state index contributed by atoms with van der Waals surface area (Å²) in [5, 5.41) is 2.87. The van der Waals surface area contributed by atoms with Gasteiger partial charge in [-0.3, -0.25) is 4.79 Å². The van der Waals surface area contributed by atoms with Crippen LogP contribution in [-0.4, -0.2) is 46.4 Å². The molecule has 0 spiro atoms.